The number of carbonyl (C=O) groups is 3. The minimum Gasteiger partial charge on any atom is -0.444 e. The van der Waals surface area contributed by atoms with Crippen LogP contribution in [0.4, 0.5) is 4.79 Å². The second-order valence-corrected chi connectivity index (χ2v) is 17.0. The average Bonchev–Trinajstić information content (AvgIpc) is 3.31. The van der Waals surface area contributed by atoms with E-state index in [1.165, 1.54) is 44.5 Å². The number of pyridine rings is 1. The number of nitrogens with zero attached hydrogens (tertiary/aromatic N) is 2. The van der Waals surface area contributed by atoms with Gasteiger partial charge in [-0.05, 0) is 215 Å². The van der Waals surface area contributed by atoms with Crippen LogP contribution in [0, 0.1) is 116 Å². The molecule has 0 bridgehead atoms. The largest absolute Gasteiger partial charge is 0.444 e. The van der Waals surface area contributed by atoms with Crippen molar-refractivity contribution in [2.24, 2.45) is 4.99 Å². The zero-order valence-corrected chi connectivity index (χ0v) is 38.3. The average molecular weight is 782 g/mol. The third-order valence-corrected chi connectivity index (χ3v) is 12.4. The Bertz CT molecular complexity index is 2430. The molecular weight excluding hydrogens is 719 g/mol. The number of amides is 1. The van der Waals surface area contributed by atoms with Gasteiger partial charge in [0.2, 0.25) is 5.78 Å². The van der Waals surface area contributed by atoms with Crippen molar-refractivity contribution in [2.45, 2.75) is 137 Å². The molecular formula is C51H63N3O4. The number of hydrogen-bond acceptors (Lipinski definition) is 6. The summed E-state index contributed by atoms with van der Waals surface area (Å²) in [5.74, 6) is 6.16. The van der Waals surface area contributed by atoms with E-state index < -0.39 is 11.7 Å². The molecule has 0 unspecified atom stereocenters. The minimum absolute atomic E-state index is 0.120. The predicted molar refractivity (Wildman–Crippen MR) is 239 cm³/mol. The molecule has 306 valence electrons. The molecule has 5 rings (SSSR count). The van der Waals surface area contributed by atoms with Gasteiger partial charge in [0.1, 0.15) is 11.3 Å². The Kier molecular flexibility index (Phi) is 13.8. The van der Waals surface area contributed by atoms with E-state index in [0.29, 0.717) is 29.8 Å². The zero-order chi connectivity index (χ0) is 43.7. The summed E-state index contributed by atoms with van der Waals surface area (Å²) in [6.45, 7) is 37.2. The van der Waals surface area contributed by atoms with E-state index in [1.807, 2.05) is 54.5 Å². The van der Waals surface area contributed by atoms with E-state index in [1.54, 1.807) is 20.8 Å². The number of alkyl carbamates (subject to hydrolysis) is 1. The van der Waals surface area contributed by atoms with Gasteiger partial charge in [0.05, 0.1) is 12.3 Å². The number of carbonyl (C=O) groups excluding carboxylic acids is 3. The number of Topliss-reactive ketones (excluding diaryl/α,β-unsaturated/α-hetero) is 1. The highest BCUT2D eigenvalue weighted by Gasteiger charge is 2.27. The van der Waals surface area contributed by atoms with Crippen molar-refractivity contribution in [3.8, 4) is 11.8 Å². The Morgan fingerprint density at radius 2 is 1.19 bits per heavy atom. The fourth-order valence-electron chi connectivity index (χ4n) is 7.58. The van der Waals surface area contributed by atoms with Crippen molar-refractivity contribution in [3.63, 3.8) is 0 Å². The molecule has 7 nitrogen and oxygen atoms in total. The third-order valence-electron chi connectivity index (χ3n) is 12.4. The van der Waals surface area contributed by atoms with E-state index in [9.17, 15) is 14.4 Å². The fourth-order valence-corrected chi connectivity index (χ4v) is 7.58. The number of aryl methyl sites for hydroxylation is 3. The first-order chi connectivity index (χ1) is 26.9. The highest BCUT2D eigenvalue weighted by Crippen LogP contribution is 2.33. The molecule has 0 atom stereocenters. The molecule has 0 spiro atoms. The number of fused-ring (bicyclic) bond motifs is 1. The molecule has 1 amide bonds. The van der Waals surface area contributed by atoms with Gasteiger partial charge in [0, 0.05) is 46.5 Å². The maximum atomic E-state index is 13.6. The topological polar surface area (TPSA) is 97.7 Å². The highest BCUT2D eigenvalue weighted by molar-refractivity contribution is 6.21. The molecule has 0 aliphatic carbocycles. The van der Waals surface area contributed by atoms with Crippen LogP contribution in [0.25, 0.3) is 0 Å². The second-order valence-electron chi connectivity index (χ2n) is 17.0. The number of benzene rings is 3. The normalized spacial score (nSPS) is 12.4. The highest BCUT2D eigenvalue weighted by atomic mass is 16.6. The first-order valence-electron chi connectivity index (χ1n) is 20.2. The van der Waals surface area contributed by atoms with Crippen molar-refractivity contribution < 1.29 is 19.1 Å². The van der Waals surface area contributed by atoms with Gasteiger partial charge < -0.3 is 10.1 Å². The number of aromatic nitrogens is 1. The van der Waals surface area contributed by atoms with Gasteiger partial charge >= 0.3 is 6.09 Å². The second kappa shape index (κ2) is 17.6. The SMILES string of the molecule is Cc1cc(C(=O)c2nc(C)c(C)c(C)c2C)c(C#CCNC(=O)OC(C)(C)C)c(C)c1C.Cc1cc2c(c(C)c1C)C(=O)CCN=C2c1c(C)c(C)c(C)c(C)c1C. The smallest absolute Gasteiger partial charge is 0.408 e. The van der Waals surface area contributed by atoms with E-state index in [2.05, 4.69) is 83.6 Å². The van der Waals surface area contributed by atoms with Gasteiger partial charge in [0.15, 0.2) is 5.78 Å². The number of ether oxygens (including phenoxy) is 1. The molecule has 4 aromatic rings. The lowest BCUT2D eigenvalue weighted by Gasteiger charge is -2.22. The Morgan fingerprint density at radius 1 is 0.672 bits per heavy atom. The van der Waals surface area contributed by atoms with Crippen molar-refractivity contribution in [2.75, 3.05) is 13.1 Å². The van der Waals surface area contributed by atoms with Crippen molar-refractivity contribution in [1.29, 1.82) is 0 Å². The predicted octanol–water partition coefficient (Wildman–Crippen LogP) is 10.9. The van der Waals surface area contributed by atoms with Crippen LogP contribution < -0.4 is 5.32 Å². The number of rotatable bonds is 4. The van der Waals surface area contributed by atoms with Crippen LogP contribution in [-0.4, -0.2) is 47.0 Å². The third kappa shape index (κ3) is 9.18. The Morgan fingerprint density at radius 3 is 1.78 bits per heavy atom. The molecule has 1 aromatic heterocycles. The Labute approximate surface area is 347 Å². The number of hydrogen-bond donors (Lipinski definition) is 1. The van der Waals surface area contributed by atoms with Crippen molar-refractivity contribution >= 4 is 23.4 Å². The van der Waals surface area contributed by atoms with Gasteiger partial charge in [-0.1, -0.05) is 11.8 Å². The van der Waals surface area contributed by atoms with E-state index >= 15 is 0 Å². The molecule has 2 heterocycles. The van der Waals surface area contributed by atoms with Gasteiger partial charge in [-0.3, -0.25) is 14.6 Å². The summed E-state index contributed by atoms with van der Waals surface area (Å²) in [7, 11) is 0. The van der Waals surface area contributed by atoms with Crippen LogP contribution in [0.1, 0.15) is 154 Å². The van der Waals surface area contributed by atoms with Crippen molar-refractivity contribution in [3.05, 3.63) is 129 Å². The lowest BCUT2D eigenvalue weighted by atomic mass is 9.82. The monoisotopic (exact) mass is 781 g/mol. The number of nitrogens with one attached hydrogen (secondary N) is 1. The van der Waals surface area contributed by atoms with Crippen molar-refractivity contribution in [1.82, 2.24) is 10.3 Å². The molecule has 0 saturated heterocycles. The summed E-state index contributed by atoms with van der Waals surface area (Å²) in [5.41, 5.74) is 22.3. The first-order valence-corrected chi connectivity index (χ1v) is 20.2. The summed E-state index contributed by atoms with van der Waals surface area (Å²) in [4.78, 5) is 47.9. The van der Waals surface area contributed by atoms with E-state index in [-0.39, 0.29) is 18.1 Å². The van der Waals surface area contributed by atoms with Crippen LogP contribution in [0.3, 0.4) is 0 Å². The Balaban J connectivity index is 0.000000262. The molecule has 1 N–H and O–H groups in total. The molecule has 1 aliphatic rings. The molecule has 0 fully saturated rings. The van der Waals surface area contributed by atoms with Crippen LogP contribution >= 0.6 is 0 Å². The van der Waals surface area contributed by atoms with Gasteiger partial charge in [-0.25, -0.2) is 9.78 Å². The molecule has 58 heavy (non-hydrogen) atoms. The molecule has 1 aliphatic heterocycles. The summed E-state index contributed by atoms with van der Waals surface area (Å²) in [6, 6.07) is 4.06. The summed E-state index contributed by atoms with van der Waals surface area (Å²) in [6.07, 6.45) is -0.0350. The zero-order valence-electron chi connectivity index (χ0n) is 38.3. The fraction of sp³-hybridized carbons (Fsp3) is 0.431. The molecule has 0 saturated carbocycles. The summed E-state index contributed by atoms with van der Waals surface area (Å²) < 4.78 is 5.23. The molecule has 7 heteroatoms. The molecule has 3 aromatic carbocycles. The van der Waals surface area contributed by atoms with Gasteiger partial charge in [0.25, 0.3) is 0 Å². The first kappa shape index (κ1) is 45.4. The summed E-state index contributed by atoms with van der Waals surface area (Å²) >= 11 is 0. The van der Waals surface area contributed by atoms with Crippen LogP contribution in [-0.2, 0) is 4.74 Å². The maximum absolute atomic E-state index is 13.6. The summed E-state index contributed by atoms with van der Waals surface area (Å²) in [5, 5.41) is 2.63. The van der Waals surface area contributed by atoms with E-state index in [0.717, 1.165) is 61.5 Å². The standard InChI is InChI=1S/C27H34N2O3.C24H29NO/c1-15-14-23(25(30)24-20(6)17(3)18(4)21(7)29-24)22(19(5)16(15)2)12-11-13-28-26(31)32-27(8,9)10;1-12-11-20-23(17(6)13(12)2)21(26)9-10-25-24(20)22-18(7)15(4)14(3)16(5)19(22)8/h14H,13H2,1-10H3,(H,28,31);11H,9-10H2,1-8H3. The van der Waals surface area contributed by atoms with E-state index in [4.69, 9.17) is 9.73 Å². The van der Waals surface area contributed by atoms with Crippen LogP contribution in [0.5, 0.6) is 0 Å². The van der Waals surface area contributed by atoms with Crippen LogP contribution in [0.15, 0.2) is 17.1 Å². The van der Waals surface area contributed by atoms with Crippen LogP contribution in [0.2, 0.25) is 0 Å². The number of aliphatic imine (C=N–C) groups is 1. The lowest BCUT2D eigenvalue weighted by Crippen LogP contribution is -2.32. The minimum atomic E-state index is -0.573. The number of ketones is 2. The molecule has 0 radical (unpaired) electrons. The van der Waals surface area contributed by atoms with Gasteiger partial charge in [-0.2, -0.15) is 0 Å². The lowest BCUT2D eigenvalue weighted by molar-refractivity contribution is 0.0534. The van der Waals surface area contributed by atoms with Gasteiger partial charge in [-0.15, -0.1) is 0 Å². The maximum Gasteiger partial charge on any atom is 0.408 e. The Hall–Kier alpha value is -5.35. The quantitative estimate of drug-likeness (QED) is 0.164.